The molecule has 30 heavy (non-hydrogen) atoms. The van der Waals surface area contributed by atoms with Crippen molar-refractivity contribution in [3.8, 4) is 34.4 Å². The van der Waals surface area contributed by atoms with E-state index >= 15 is 0 Å². The molecular weight excluding hydrogens is 421 g/mol. The van der Waals surface area contributed by atoms with Crippen LogP contribution >= 0.6 is 11.6 Å². The van der Waals surface area contributed by atoms with Gasteiger partial charge in [-0.1, -0.05) is 17.7 Å². The number of rotatable bonds is 2. The smallest absolute Gasteiger partial charge is 0.302 e. The maximum Gasteiger partial charge on any atom is 0.417 e. The first-order valence-corrected chi connectivity index (χ1v) is 9.37. The Hall–Kier alpha value is -3.21. The van der Waals surface area contributed by atoms with Gasteiger partial charge in [-0.05, 0) is 19.1 Å². The molecule has 5 rings (SSSR count). The molecule has 1 aliphatic heterocycles. The monoisotopic (exact) mass is 434 g/mol. The van der Waals surface area contributed by atoms with Gasteiger partial charge in [-0.3, -0.25) is 9.25 Å². The van der Waals surface area contributed by atoms with Crippen molar-refractivity contribution in [1.29, 1.82) is 0 Å². The zero-order valence-corrected chi connectivity index (χ0v) is 16.5. The summed E-state index contributed by atoms with van der Waals surface area (Å²) in [5, 5.41) is 20.6. The lowest BCUT2D eigenvalue weighted by atomic mass is 10.1. The molecule has 12 heteroatoms. The SMILES string of the molecule is CC1Cn2c(-c3cnn(C)c3)nnc2-c2nnc(-c3cccc(C(F)(F)F)c3Cl)n21. The molecule has 1 unspecified atom stereocenters. The second-order valence-electron chi connectivity index (χ2n) is 7.09. The van der Waals surface area contributed by atoms with Crippen molar-refractivity contribution in [2.75, 3.05) is 0 Å². The van der Waals surface area contributed by atoms with Gasteiger partial charge in [0.2, 0.25) is 11.6 Å². The van der Waals surface area contributed by atoms with Gasteiger partial charge in [-0.25, -0.2) is 0 Å². The molecule has 4 aromatic rings. The lowest BCUT2D eigenvalue weighted by molar-refractivity contribution is -0.137. The Labute approximate surface area is 172 Å². The zero-order valence-electron chi connectivity index (χ0n) is 15.8. The molecule has 8 nitrogen and oxygen atoms in total. The summed E-state index contributed by atoms with van der Waals surface area (Å²) in [7, 11) is 1.81. The summed E-state index contributed by atoms with van der Waals surface area (Å²) in [5.74, 6) is 1.79. The number of alkyl halides is 3. The second-order valence-corrected chi connectivity index (χ2v) is 7.47. The standard InChI is InChI=1S/C18H14ClF3N8/c1-9-7-29-14(10-6-23-28(2)8-10)24-26-16(29)17-27-25-15(30(9)17)11-4-3-5-12(13(11)19)18(20,21)22/h3-6,8-9H,7H2,1-2H3. The third kappa shape index (κ3) is 2.72. The maximum atomic E-state index is 13.3. The molecule has 0 bridgehead atoms. The highest BCUT2D eigenvalue weighted by Crippen LogP contribution is 2.41. The van der Waals surface area contributed by atoms with Crippen LogP contribution in [0.25, 0.3) is 34.4 Å². The number of benzene rings is 1. The third-order valence-electron chi connectivity index (χ3n) is 5.04. The van der Waals surface area contributed by atoms with Crippen LogP contribution in [0.3, 0.4) is 0 Å². The van der Waals surface area contributed by atoms with Crippen molar-refractivity contribution in [3.05, 3.63) is 41.2 Å². The highest BCUT2D eigenvalue weighted by atomic mass is 35.5. The van der Waals surface area contributed by atoms with Crippen LogP contribution in [0.5, 0.6) is 0 Å². The molecule has 4 heterocycles. The van der Waals surface area contributed by atoms with Crippen molar-refractivity contribution in [1.82, 2.24) is 39.3 Å². The number of hydrogen-bond acceptors (Lipinski definition) is 5. The number of halogens is 4. The predicted molar refractivity (Wildman–Crippen MR) is 101 cm³/mol. The molecule has 0 aliphatic carbocycles. The Balaban J connectivity index is 1.66. The average Bonchev–Trinajstić information content (AvgIpc) is 3.38. The van der Waals surface area contributed by atoms with Crippen molar-refractivity contribution in [3.63, 3.8) is 0 Å². The lowest BCUT2D eigenvalue weighted by Crippen LogP contribution is -2.22. The van der Waals surface area contributed by atoms with Crippen LogP contribution in [0.2, 0.25) is 5.02 Å². The zero-order chi connectivity index (χ0) is 21.2. The summed E-state index contributed by atoms with van der Waals surface area (Å²) in [5.41, 5.74) is 0.0552. The maximum absolute atomic E-state index is 13.3. The van der Waals surface area contributed by atoms with Gasteiger partial charge in [0.15, 0.2) is 11.6 Å². The van der Waals surface area contributed by atoms with E-state index in [0.717, 1.165) is 11.6 Å². The van der Waals surface area contributed by atoms with Gasteiger partial charge in [0.25, 0.3) is 0 Å². The number of nitrogens with zero attached hydrogens (tertiary/aromatic N) is 8. The molecule has 1 aromatic carbocycles. The van der Waals surface area contributed by atoms with E-state index in [1.165, 1.54) is 12.1 Å². The average molecular weight is 435 g/mol. The lowest BCUT2D eigenvalue weighted by Gasteiger charge is -2.25. The first-order chi connectivity index (χ1) is 14.3. The minimum absolute atomic E-state index is 0.164. The fourth-order valence-electron chi connectivity index (χ4n) is 3.71. The number of aromatic nitrogens is 8. The third-order valence-corrected chi connectivity index (χ3v) is 5.45. The first kappa shape index (κ1) is 18.8. The highest BCUT2D eigenvalue weighted by molar-refractivity contribution is 6.34. The highest BCUT2D eigenvalue weighted by Gasteiger charge is 2.36. The minimum Gasteiger partial charge on any atom is -0.302 e. The topological polar surface area (TPSA) is 79.2 Å². The Morgan fingerprint density at radius 1 is 1.03 bits per heavy atom. The summed E-state index contributed by atoms with van der Waals surface area (Å²) < 4.78 is 45.2. The molecule has 0 N–H and O–H groups in total. The second kappa shape index (κ2) is 6.39. The van der Waals surface area contributed by atoms with Crippen LogP contribution < -0.4 is 0 Å². The van der Waals surface area contributed by atoms with Crippen LogP contribution in [0.1, 0.15) is 18.5 Å². The van der Waals surface area contributed by atoms with Crippen LogP contribution in [0.15, 0.2) is 30.6 Å². The largest absolute Gasteiger partial charge is 0.417 e. The van der Waals surface area contributed by atoms with Crippen LogP contribution in [-0.2, 0) is 19.8 Å². The number of hydrogen-bond donors (Lipinski definition) is 0. The van der Waals surface area contributed by atoms with Gasteiger partial charge >= 0.3 is 6.18 Å². The summed E-state index contributed by atoms with van der Waals surface area (Å²) >= 11 is 6.12. The van der Waals surface area contributed by atoms with Crippen molar-refractivity contribution >= 4 is 11.6 Å². The molecule has 0 radical (unpaired) electrons. The van der Waals surface area contributed by atoms with Gasteiger partial charge < -0.3 is 4.57 Å². The molecule has 1 atom stereocenters. The molecule has 0 saturated carbocycles. The molecule has 1 aliphatic rings. The van der Waals surface area contributed by atoms with E-state index in [-0.39, 0.29) is 17.4 Å². The summed E-state index contributed by atoms with van der Waals surface area (Å²) in [6.45, 7) is 2.41. The van der Waals surface area contributed by atoms with Crippen LogP contribution in [0.4, 0.5) is 13.2 Å². The molecule has 154 valence electrons. The van der Waals surface area contributed by atoms with E-state index in [0.29, 0.717) is 24.0 Å². The van der Waals surface area contributed by atoms with Crippen molar-refractivity contribution in [2.24, 2.45) is 7.05 Å². The molecule has 0 spiro atoms. The Morgan fingerprint density at radius 3 is 2.43 bits per heavy atom. The van der Waals surface area contributed by atoms with Crippen molar-refractivity contribution in [2.45, 2.75) is 25.7 Å². The Morgan fingerprint density at radius 2 is 1.73 bits per heavy atom. The van der Waals surface area contributed by atoms with Crippen LogP contribution in [0, 0.1) is 0 Å². The van der Waals surface area contributed by atoms with Crippen LogP contribution in [-0.4, -0.2) is 39.3 Å². The van der Waals surface area contributed by atoms with E-state index < -0.39 is 16.8 Å². The van der Waals surface area contributed by atoms with Gasteiger partial charge in [0.1, 0.15) is 0 Å². The molecule has 0 fully saturated rings. The molecule has 0 saturated heterocycles. The van der Waals surface area contributed by atoms with E-state index in [1.54, 1.807) is 22.5 Å². The van der Waals surface area contributed by atoms with Gasteiger partial charge in [-0.2, -0.15) is 18.3 Å². The predicted octanol–water partition coefficient (Wildman–Crippen LogP) is 3.85. The van der Waals surface area contributed by atoms with E-state index in [2.05, 4.69) is 25.5 Å². The summed E-state index contributed by atoms with van der Waals surface area (Å²) in [4.78, 5) is 0. The van der Waals surface area contributed by atoms with Gasteiger partial charge in [0, 0.05) is 25.4 Å². The normalized spacial score (nSPS) is 15.9. The fraction of sp³-hybridized carbons (Fsp3) is 0.278. The quantitative estimate of drug-likeness (QED) is 0.479. The number of fused-ring (bicyclic) bond motifs is 3. The molecule has 0 amide bonds. The van der Waals surface area contributed by atoms with E-state index in [1.807, 2.05) is 17.7 Å². The summed E-state index contributed by atoms with van der Waals surface area (Å²) in [6.07, 6.45) is -1.05. The van der Waals surface area contributed by atoms with E-state index in [4.69, 9.17) is 11.6 Å². The number of aryl methyl sites for hydroxylation is 1. The molecular formula is C18H14ClF3N8. The van der Waals surface area contributed by atoms with Gasteiger partial charge in [-0.15, -0.1) is 20.4 Å². The summed E-state index contributed by atoms with van der Waals surface area (Å²) in [6, 6.07) is 3.58. The van der Waals surface area contributed by atoms with E-state index in [9.17, 15) is 13.2 Å². The Bertz CT molecular complexity index is 1270. The fourth-order valence-corrected chi connectivity index (χ4v) is 4.02. The minimum atomic E-state index is -4.57. The molecule has 3 aromatic heterocycles. The first-order valence-electron chi connectivity index (χ1n) is 8.99. The Kier molecular flexibility index (Phi) is 4.01. The van der Waals surface area contributed by atoms with Crippen molar-refractivity contribution < 1.29 is 13.2 Å². The van der Waals surface area contributed by atoms with Gasteiger partial charge in [0.05, 0.1) is 28.4 Å².